The summed E-state index contributed by atoms with van der Waals surface area (Å²) >= 11 is 0. The minimum Gasteiger partial charge on any atom is -0.506 e. The number of fused-ring (bicyclic) bond motifs is 1. The number of aromatic hydroxyl groups is 1. The molecule has 146 valence electrons. The average Bonchev–Trinajstić information content (AvgIpc) is 3.12. The van der Waals surface area contributed by atoms with Crippen LogP contribution < -0.4 is 15.6 Å². The van der Waals surface area contributed by atoms with E-state index in [-0.39, 0.29) is 10.9 Å². The van der Waals surface area contributed by atoms with Crippen LogP contribution in [-0.2, 0) is 6.54 Å². The molecule has 2 heterocycles. The molecule has 4 rings (SSSR count). The highest BCUT2D eigenvalue weighted by molar-refractivity contribution is 6.09. The maximum Gasteiger partial charge on any atom is 0.266 e. The van der Waals surface area contributed by atoms with Crippen molar-refractivity contribution >= 4 is 22.6 Å². The number of aromatic amines is 1. The SMILES string of the molecule is COc1ccccc1NC(=O)c1c(O)c2cnn(Cc3ccccc3)c2[nH]c1=O. The van der Waals surface area contributed by atoms with Gasteiger partial charge in [0.2, 0.25) is 0 Å². The van der Waals surface area contributed by atoms with Crippen LogP contribution in [0.25, 0.3) is 11.0 Å². The fraction of sp³-hybridized carbons (Fsp3) is 0.0952. The number of hydrogen-bond acceptors (Lipinski definition) is 5. The molecule has 2 aromatic heterocycles. The second-order valence-corrected chi connectivity index (χ2v) is 6.38. The predicted molar refractivity (Wildman–Crippen MR) is 109 cm³/mol. The Morgan fingerprint density at radius 3 is 2.66 bits per heavy atom. The summed E-state index contributed by atoms with van der Waals surface area (Å²) in [6.45, 7) is 0.409. The topological polar surface area (TPSA) is 109 Å². The highest BCUT2D eigenvalue weighted by Crippen LogP contribution is 2.28. The Hall–Kier alpha value is -4.07. The van der Waals surface area contributed by atoms with Crippen molar-refractivity contribution in [2.24, 2.45) is 0 Å². The number of ether oxygens (including phenoxy) is 1. The number of benzene rings is 2. The number of carbonyl (C=O) groups excluding carboxylic acids is 1. The third-order valence-corrected chi connectivity index (χ3v) is 4.55. The lowest BCUT2D eigenvalue weighted by Gasteiger charge is -2.10. The Bertz CT molecular complexity index is 1240. The molecule has 0 fully saturated rings. The highest BCUT2D eigenvalue weighted by atomic mass is 16.5. The monoisotopic (exact) mass is 390 g/mol. The van der Waals surface area contributed by atoms with E-state index >= 15 is 0 Å². The van der Waals surface area contributed by atoms with E-state index in [2.05, 4.69) is 15.4 Å². The van der Waals surface area contributed by atoms with E-state index in [9.17, 15) is 14.7 Å². The lowest BCUT2D eigenvalue weighted by Crippen LogP contribution is -2.24. The van der Waals surface area contributed by atoms with Crippen LogP contribution in [0.3, 0.4) is 0 Å². The number of carbonyl (C=O) groups is 1. The van der Waals surface area contributed by atoms with Crippen molar-refractivity contribution in [2.45, 2.75) is 6.54 Å². The molecular weight excluding hydrogens is 372 g/mol. The Morgan fingerprint density at radius 1 is 1.17 bits per heavy atom. The van der Waals surface area contributed by atoms with E-state index in [1.807, 2.05) is 30.3 Å². The van der Waals surface area contributed by atoms with Crippen LogP contribution in [0.4, 0.5) is 5.69 Å². The van der Waals surface area contributed by atoms with Gasteiger partial charge in [-0.3, -0.25) is 9.59 Å². The number of aromatic nitrogens is 3. The van der Waals surface area contributed by atoms with Gasteiger partial charge in [-0.05, 0) is 17.7 Å². The minimum absolute atomic E-state index is 0.283. The summed E-state index contributed by atoms with van der Waals surface area (Å²) in [4.78, 5) is 27.9. The number of anilines is 1. The number of amides is 1. The molecule has 0 aliphatic carbocycles. The van der Waals surface area contributed by atoms with E-state index < -0.39 is 17.2 Å². The van der Waals surface area contributed by atoms with Crippen molar-refractivity contribution < 1.29 is 14.6 Å². The van der Waals surface area contributed by atoms with Crippen LogP contribution in [0.5, 0.6) is 11.5 Å². The Balaban J connectivity index is 1.71. The van der Waals surface area contributed by atoms with Crippen molar-refractivity contribution in [1.29, 1.82) is 0 Å². The van der Waals surface area contributed by atoms with Crippen molar-refractivity contribution in [3.8, 4) is 11.5 Å². The highest BCUT2D eigenvalue weighted by Gasteiger charge is 2.22. The normalized spacial score (nSPS) is 10.8. The lowest BCUT2D eigenvalue weighted by atomic mass is 10.1. The summed E-state index contributed by atoms with van der Waals surface area (Å²) in [5.41, 5.74) is 0.611. The van der Waals surface area contributed by atoms with Crippen molar-refractivity contribution in [2.75, 3.05) is 12.4 Å². The van der Waals surface area contributed by atoms with Gasteiger partial charge in [-0.15, -0.1) is 0 Å². The second-order valence-electron chi connectivity index (χ2n) is 6.38. The molecule has 8 heteroatoms. The summed E-state index contributed by atoms with van der Waals surface area (Å²) < 4.78 is 6.76. The first-order valence-electron chi connectivity index (χ1n) is 8.87. The van der Waals surface area contributed by atoms with Gasteiger partial charge >= 0.3 is 0 Å². The van der Waals surface area contributed by atoms with Gasteiger partial charge in [0.1, 0.15) is 22.7 Å². The minimum atomic E-state index is -0.744. The number of H-pyrrole nitrogens is 1. The molecule has 0 saturated heterocycles. The average molecular weight is 390 g/mol. The lowest BCUT2D eigenvalue weighted by molar-refractivity contribution is 0.102. The molecule has 4 aromatic rings. The summed E-state index contributed by atoms with van der Waals surface area (Å²) in [5.74, 6) is -0.727. The van der Waals surface area contributed by atoms with Crippen molar-refractivity contribution in [3.63, 3.8) is 0 Å². The van der Waals surface area contributed by atoms with Gasteiger partial charge in [0, 0.05) is 0 Å². The second kappa shape index (κ2) is 7.51. The molecular formula is C21H18N4O4. The summed E-state index contributed by atoms with van der Waals surface area (Å²) in [5, 5.41) is 17.7. The molecule has 0 aliphatic rings. The molecule has 0 unspecified atom stereocenters. The molecule has 0 atom stereocenters. The molecule has 2 aromatic carbocycles. The third-order valence-electron chi connectivity index (χ3n) is 4.55. The van der Waals surface area contributed by atoms with Crippen LogP contribution in [0, 0.1) is 0 Å². The Labute approximate surface area is 165 Å². The number of hydrogen-bond donors (Lipinski definition) is 3. The number of nitrogens with one attached hydrogen (secondary N) is 2. The fourth-order valence-electron chi connectivity index (χ4n) is 3.12. The van der Waals surface area contributed by atoms with Gasteiger partial charge in [0.25, 0.3) is 11.5 Å². The first-order chi connectivity index (χ1) is 14.1. The maximum absolute atomic E-state index is 12.7. The summed E-state index contributed by atoms with van der Waals surface area (Å²) in [7, 11) is 1.47. The van der Waals surface area contributed by atoms with Gasteiger partial charge in [-0.2, -0.15) is 5.10 Å². The molecule has 0 spiro atoms. The number of methoxy groups -OCH3 is 1. The largest absolute Gasteiger partial charge is 0.506 e. The molecule has 0 saturated carbocycles. The van der Waals surface area contributed by atoms with Gasteiger partial charge in [0.05, 0.1) is 30.9 Å². The standard InChI is InChI=1S/C21H18N4O4/c1-29-16-10-6-5-9-15(16)23-20(27)17-18(26)14-11-22-25(19(14)24-21(17)28)12-13-7-3-2-4-8-13/h2-11H,12H2,1H3,(H,23,27)(H2,24,26,28). The fourth-order valence-corrected chi connectivity index (χ4v) is 3.12. The predicted octanol–water partition coefficient (Wildman–Crippen LogP) is 2.74. The molecule has 3 N–H and O–H groups in total. The number of para-hydroxylation sites is 2. The number of pyridine rings is 1. The zero-order chi connectivity index (χ0) is 20.4. The van der Waals surface area contributed by atoms with E-state index in [0.717, 1.165) is 5.56 Å². The van der Waals surface area contributed by atoms with E-state index in [1.165, 1.54) is 13.3 Å². The van der Waals surface area contributed by atoms with Gasteiger partial charge in [0.15, 0.2) is 0 Å². The number of rotatable bonds is 5. The quantitative estimate of drug-likeness (QED) is 0.485. The van der Waals surface area contributed by atoms with Crippen molar-refractivity contribution in [1.82, 2.24) is 14.8 Å². The van der Waals surface area contributed by atoms with E-state index in [4.69, 9.17) is 4.74 Å². The van der Waals surface area contributed by atoms with Crippen LogP contribution in [-0.4, -0.2) is 32.9 Å². The van der Waals surface area contributed by atoms with E-state index in [1.54, 1.807) is 28.9 Å². The maximum atomic E-state index is 12.7. The Morgan fingerprint density at radius 2 is 1.90 bits per heavy atom. The first-order valence-corrected chi connectivity index (χ1v) is 8.87. The van der Waals surface area contributed by atoms with Gasteiger partial charge in [-0.1, -0.05) is 42.5 Å². The van der Waals surface area contributed by atoms with E-state index in [0.29, 0.717) is 23.6 Å². The van der Waals surface area contributed by atoms with Gasteiger partial charge < -0.3 is 20.1 Å². The zero-order valence-electron chi connectivity index (χ0n) is 15.5. The molecule has 0 radical (unpaired) electrons. The Kier molecular flexibility index (Phi) is 4.74. The van der Waals surface area contributed by atoms with Crippen LogP contribution in [0.2, 0.25) is 0 Å². The van der Waals surface area contributed by atoms with Crippen LogP contribution in [0.15, 0.2) is 65.6 Å². The van der Waals surface area contributed by atoms with Crippen LogP contribution >= 0.6 is 0 Å². The van der Waals surface area contributed by atoms with Crippen molar-refractivity contribution in [3.05, 3.63) is 82.3 Å². The molecule has 0 aliphatic heterocycles. The molecule has 29 heavy (non-hydrogen) atoms. The molecule has 0 bridgehead atoms. The first kappa shape index (κ1) is 18.3. The summed E-state index contributed by atoms with van der Waals surface area (Å²) in [6.07, 6.45) is 1.42. The summed E-state index contributed by atoms with van der Waals surface area (Å²) in [6, 6.07) is 16.4. The third kappa shape index (κ3) is 3.43. The number of nitrogens with zero attached hydrogens (tertiary/aromatic N) is 2. The van der Waals surface area contributed by atoms with Gasteiger partial charge in [-0.25, -0.2) is 4.68 Å². The zero-order valence-corrected chi connectivity index (χ0v) is 15.5. The smallest absolute Gasteiger partial charge is 0.266 e. The molecule has 8 nitrogen and oxygen atoms in total. The molecule has 1 amide bonds. The van der Waals surface area contributed by atoms with Crippen LogP contribution in [0.1, 0.15) is 15.9 Å².